The molecular formula is C13H28O. The van der Waals surface area contributed by atoms with Gasteiger partial charge >= 0.3 is 0 Å². The van der Waals surface area contributed by atoms with Gasteiger partial charge in [-0.05, 0) is 24.7 Å². The lowest BCUT2D eigenvalue weighted by molar-refractivity contribution is 0.270. The topological polar surface area (TPSA) is 20.2 Å². The molecule has 0 aromatic carbocycles. The van der Waals surface area contributed by atoms with Gasteiger partial charge in [-0.25, -0.2) is 0 Å². The van der Waals surface area contributed by atoms with Gasteiger partial charge in [0.25, 0.3) is 0 Å². The Bertz CT molecular complexity index is 110. The molecule has 0 fully saturated rings. The Balaban J connectivity index is 3.10. The van der Waals surface area contributed by atoms with Gasteiger partial charge in [-0.2, -0.15) is 0 Å². The molecule has 1 nitrogen and oxygen atoms in total. The molecule has 0 aromatic rings. The second kappa shape index (κ2) is 9.51. The van der Waals surface area contributed by atoms with Crippen LogP contribution in [0.15, 0.2) is 0 Å². The Morgan fingerprint density at radius 3 is 1.93 bits per heavy atom. The van der Waals surface area contributed by atoms with E-state index in [9.17, 15) is 0 Å². The van der Waals surface area contributed by atoms with E-state index >= 15 is 0 Å². The van der Waals surface area contributed by atoms with E-state index in [1.165, 1.54) is 38.5 Å². The molecule has 86 valence electrons. The number of hydrogen-bond donors (Lipinski definition) is 1. The summed E-state index contributed by atoms with van der Waals surface area (Å²) in [6.07, 6.45) is 9.06. The van der Waals surface area contributed by atoms with Crippen molar-refractivity contribution in [1.82, 2.24) is 0 Å². The van der Waals surface area contributed by atoms with E-state index in [2.05, 4.69) is 20.8 Å². The molecule has 1 atom stereocenters. The van der Waals surface area contributed by atoms with Crippen LogP contribution in [0.4, 0.5) is 0 Å². The highest BCUT2D eigenvalue weighted by atomic mass is 16.2. The van der Waals surface area contributed by atoms with Crippen LogP contribution in [0.1, 0.15) is 65.7 Å². The fraction of sp³-hybridized carbons (Fsp3) is 1.00. The van der Waals surface area contributed by atoms with Crippen molar-refractivity contribution in [2.75, 3.05) is 6.61 Å². The molecule has 1 heteroatoms. The third-order valence-electron chi connectivity index (χ3n) is 2.83. The second-order valence-electron chi connectivity index (χ2n) is 5.00. The van der Waals surface area contributed by atoms with Crippen LogP contribution in [0.5, 0.6) is 0 Å². The van der Waals surface area contributed by atoms with Crippen LogP contribution in [-0.4, -0.2) is 11.7 Å². The smallest absolute Gasteiger partial charge is 0.0431 e. The highest BCUT2D eigenvalue weighted by Gasteiger charge is 2.01. The average Bonchev–Trinajstić information content (AvgIpc) is 2.13. The lowest BCUT2D eigenvalue weighted by Crippen LogP contribution is -1.97. The molecule has 1 N–H and O–H groups in total. The zero-order valence-electron chi connectivity index (χ0n) is 10.3. The third-order valence-corrected chi connectivity index (χ3v) is 2.83. The van der Waals surface area contributed by atoms with Gasteiger partial charge in [0.05, 0.1) is 0 Å². The van der Waals surface area contributed by atoms with Gasteiger partial charge in [0.15, 0.2) is 0 Å². The summed E-state index contributed by atoms with van der Waals surface area (Å²) in [6, 6.07) is 0. The van der Waals surface area contributed by atoms with Crippen LogP contribution >= 0.6 is 0 Å². The first kappa shape index (κ1) is 14.0. The van der Waals surface area contributed by atoms with Crippen molar-refractivity contribution >= 4 is 0 Å². The summed E-state index contributed by atoms with van der Waals surface area (Å²) in [5.74, 6) is 1.67. The maximum Gasteiger partial charge on any atom is 0.0431 e. The molecule has 0 rings (SSSR count). The van der Waals surface area contributed by atoms with Crippen molar-refractivity contribution < 1.29 is 5.11 Å². The van der Waals surface area contributed by atoms with E-state index in [1.807, 2.05) is 0 Å². The number of aliphatic hydroxyl groups is 1. The van der Waals surface area contributed by atoms with Crippen LogP contribution in [0.25, 0.3) is 0 Å². The number of unbranched alkanes of at least 4 members (excludes halogenated alkanes) is 2. The van der Waals surface area contributed by atoms with Crippen molar-refractivity contribution in [2.45, 2.75) is 65.7 Å². The summed E-state index contributed by atoms with van der Waals surface area (Å²) in [6.45, 7) is 7.25. The maximum absolute atomic E-state index is 8.69. The van der Waals surface area contributed by atoms with Gasteiger partial charge in [0, 0.05) is 6.61 Å². The molecule has 0 saturated carbocycles. The second-order valence-corrected chi connectivity index (χ2v) is 5.00. The highest BCUT2D eigenvalue weighted by molar-refractivity contribution is 4.54. The summed E-state index contributed by atoms with van der Waals surface area (Å²) in [7, 11) is 0. The summed E-state index contributed by atoms with van der Waals surface area (Å²) in [5.41, 5.74) is 0. The first-order chi connectivity index (χ1) is 6.66. The fourth-order valence-electron chi connectivity index (χ4n) is 1.81. The quantitative estimate of drug-likeness (QED) is 0.558. The zero-order chi connectivity index (χ0) is 10.8. The maximum atomic E-state index is 8.69. The molecule has 0 saturated heterocycles. The molecule has 0 heterocycles. The molecule has 0 bridgehead atoms. The van der Waals surface area contributed by atoms with E-state index in [4.69, 9.17) is 5.11 Å². The Hall–Kier alpha value is -0.0400. The highest BCUT2D eigenvalue weighted by Crippen LogP contribution is 2.16. The van der Waals surface area contributed by atoms with Crippen molar-refractivity contribution in [3.63, 3.8) is 0 Å². The number of aliphatic hydroxyl groups excluding tert-OH is 1. The molecule has 1 unspecified atom stereocenters. The van der Waals surface area contributed by atoms with E-state index < -0.39 is 0 Å². The van der Waals surface area contributed by atoms with Crippen LogP contribution in [0.2, 0.25) is 0 Å². The molecule has 0 aliphatic carbocycles. The summed E-state index contributed by atoms with van der Waals surface area (Å²) in [5, 5.41) is 8.69. The SMILES string of the molecule is CC(C)CCCCCC(C)CCCO. The number of hydrogen-bond acceptors (Lipinski definition) is 1. The monoisotopic (exact) mass is 200 g/mol. The first-order valence-electron chi connectivity index (χ1n) is 6.27. The Morgan fingerprint density at radius 1 is 0.786 bits per heavy atom. The molecule has 0 aliphatic heterocycles. The summed E-state index contributed by atoms with van der Waals surface area (Å²) >= 11 is 0. The van der Waals surface area contributed by atoms with Crippen molar-refractivity contribution in [3.05, 3.63) is 0 Å². The van der Waals surface area contributed by atoms with Crippen LogP contribution < -0.4 is 0 Å². The standard InChI is InChI=1S/C13H28O/c1-12(2)8-5-4-6-9-13(3)10-7-11-14/h12-14H,4-11H2,1-3H3. The lowest BCUT2D eigenvalue weighted by atomic mass is 9.97. The summed E-state index contributed by atoms with van der Waals surface area (Å²) < 4.78 is 0. The normalized spacial score (nSPS) is 13.5. The van der Waals surface area contributed by atoms with E-state index in [1.54, 1.807) is 0 Å². The van der Waals surface area contributed by atoms with Crippen LogP contribution in [0, 0.1) is 11.8 Å². The number of rotatable bonds is 9. The molecule has 0 radical (unpaired) electrons. The summed E-state index contributed by atoms with van der Waals surface area (Å²) in [4.78, 5) is 0. The fourth-order valence-corrected chi connectivity index (χ4v) is 1.81. The predicted molar refractivity (Wildman–Crippen MR) is 63.4 cm³/mol. The molecule has 14 heavy (non-hydrogen) atoms. The molecular weight excluding hydrogens is 172 g/mol. The zero-order valence-corrected chi connectivity index (χ0v) is 10.3. The van der Waals surface area contributed by atoms with Gasteiger partial charge in [0.1, 0.15) is 0 Å². The third kappa shape index (κ3) is 10.0. The molecule has 0 aliphatic rings. The van der Waals surface area contributed by atoms with Gasteiger partial charge in [0.2, 0.25) is 0 Å². The molecule has 0 aromatic heterocycles. The Morgan fingerprint density at radius 2 is 1.36 bits per heavy atom. The van der Waals surface area contributed by atoms with Gasteiger partial charge in [-0.3, -0.25) is 0 Å². The van der Waals surface area contributed by atoms with Gasteiger partial charge in [-0.15, -0.1) is 0 Å². The molecule has 0 spiro atoms. The lowest BCUT2D eigenvalue weighted by Gasteiger charge is -2.10. The first-order valence-corrected chi connectivity index (χ1v) is 6.27. The Labute approximate surface area is 89.9 Å². The minimum atomic E-state index is 0.359. The minimum absolute atomic E-state index is 0.359. The largest absolute Gasteiger partial charge is 0.396 e. The van der Waals surface area contributed by atoms with E-state index in [0.717, 1.165) is 18.3 Å². The van der Waals surface area contributed by atoms with Gasteiger partial charge in [-0.1, -0.05) is 52.9 Å². The van der Waals surface area contributed by atoms with Gasteiger partial charge < -0.3 is 5.11 Å². The Kier molecular flexibility index (Phi) is 9.49. The van der Waals surface area contributed by atoms with Crippen LogP contribution in [0.3, 0.4) is 0 Å². The van der Waals surface area contributed by atoms with E-state index in [-0.39, 0.29) is 0 Å². The minimum Gasteiger partial charge on any atom is -0.396 e. The predicted octanol–water partition coefficient (Wildman–Crippen LogP) is 4.00. The van der Waals surface area contributed by atoms with E-state index in [0.29, 0.717) is 6.61 Å². The van der Waals surface area contributed by atoms with Crippen molar-refractivity contribution in [1.29, 1.82) is 0 Å². The average molecular weight is 200 g/mol. The van der Waals surface area contributed by atoms with Crippen molar-refractivity contribution in [3.8, 4) is 0 Å². The van der Waals surface area contributed by atoms with Crippen LogP contribution in [-0.2, 0) is 0 Å². The molecule has 0 amide bonds. The van der Waals surface area contributed by atoms with Crippen molar-refractivity contribution in [2.24, 2.45) is 11.8 Å².